The lowest BCUT2D eigenvalue weighted by atomic mass is 10.1. The highest BCUT2D eigenvalue weighted by Gasteiger charge is 2.27. The Morgan fingerprint density at radius 1 is 1.10 bits per heavy atom. The van der Waals surface area contributed by atoms with Crippen LogP contribution in [0.1, 0.15) is 41.7 Å². The molecule has 1 N–H and O–H groups in total. The van der Waals surface area contributed by atoms with Crippen LogP contribution in [-0.4, -0.2) is 59.5 Å². The van der Waals surface area contributed by atoms with E-state index >= 15 is 0 Å². The first kappa shape index (κ1) is 14.9. The first-order valence-electron chi connectivity index (χ1n) is 8.00. The summed E-state index contributed by atoms with van der Waals surface area (Å²) in [5, 5.41) is 3.57. The second-order valence-electron chi connectivity index (χ2n) is 6.65. The third-order valence-electron chi connectivity index (χ3n) is 4.73. The summed E-state index contributed by atoms with van der Waals surface area (Å²) in [6.07, 6.45) is 2.63. The van der Waals surface area contributed by atoms with Crippen LogP contribution in [0.5, 0.6) is 0 Å². The molecule has 2 heterocycles. The number of hydrogen-bond donors (Lipinski definition) is 1. The van der Waals surface area contributed by atoms with E-state index in [-0.39, 0.29) is 0 Å². The van der Waals surface area contributed by atoms with Crippen LogP contribution in [0.2, 0.25) is 0 Å². The van der Waals surface area contributed by atoms with Gasteiger partial charge in [0, 0.05) is 49.2 Å². The van der Waals surface area contributed by atoms with Gasteiger partial charge in [-0.1, -0.05) is 0 Å². The maximum absolute atomic E-state index is 4.82. The summed E-state index contributed by atoms with van der Waals surface area (Å²) in [5.41, 5.74) is 3.54. The van der Waals surface area contributed by atoms with Crippen LogP contribution in [0.25, 0.3) is 0 Å². The zero-order chi connectivity index (χ0) is 15.0. The molecule has 2 aliphatic rings. The van der Waals surface area contributed by atoms with Gasteiger partial charge in [-0.25, -0.2) is 9.97 Å². The van der Waals surface area contributed by atoms with Crippen molar-refractivity contribution in [2.45, 2.75) is 45.3 Å². The van der Waals surface area contributed by atoms with Crippen molar-refractivity contribution in [3.05, 3.63) is 22.8 Å². The van der Waals surface area contributed by atoms with Gasteiger partial charge < -0.3 is 10.2 Å². The Labute approximate surface area is 127 Å². The van der Waals surface area contributed by atoms with Crippen LogP contribution in [0.4, 0.5) is 0 Å². The lowest BCUT2D eigenvalue weighted by molar-refractivity contribution is 0.109. The minimum atomic E-state index is 0.312. The molecule has 0 aromatic carbocycles. The number of hydrogen-bond acceptors (Lipinski definition) is 5. The minimum Gasteiger partial charge on any atom is -0.310 e. The molecule has 1 saturated carbocycles. The molecule has 3 rings (SSSR count). The maximum atomic E-state index is 4.82. The van der Waals surface area contributed by atoms with Crippen LogP contribution >= 0.6 is 0 Å². The van der Waals surface area contributed by atoms with Crippen molar-refractivity contribution in [2.24, 2.45) is 0 Å². The first-order chi connectivity index (χ1) is 10.0. The highest BCUT2D eigenvalue weighted by Crippen LogP contribution is 2.24. The SMILES string of the molecule is Cc1nc(C2CN(C)CCN2C)nc(C)c1CNC1CC1. The maximum Gasteiger partial charge on any atom is 0.147 e. The summed E-state index contributed by atoms with van der Waals surface area (Å²) in [6, 6.07) is 1.04. The van der Waals surface area contributed by atoms with Crippen LogP contribution in [0, 0.1) is 13.8 Å². The Hall–Kier alpha value is -1.04. The monoisotopic (exact) mass is 289 g/mol. The zero-order valence-electron chi connectivity index (χ0n) is 13.7. The molecule has 0 amide bonds. The summed E-state index contributed by atoms with van der Waals surface area (Å²) in [5.74, 6) is 0.981. The standard InChI is InChI=1S/C16H27N5/c1-11-14(9-17-13-5-6-13)12(2)19-16(18-11)15-10-20(3)7-8-21(15)4/h13,15,17H,5-10H2,1-4H3. The highest BCUT2D eigenvalue weighted by atomic mass is 15.3. The highest BCUT2D eigenvalue weighted by molar-refractivity contribution is 5.25. The van der Waals surface area contributed by atoms with E-state index in [4.69, 9.17) is 9.97 Å². The van der Waals surface area contributed by atoms with Crippen LogP contribution in [0.15, 0.2) is 0 Å². The molecule has 0 radical (unpaired) electrons. The quantitative estimate of drug-likeness (QED) is 0.904. The number of nitrogens with one attached hydrogen (secondary N) is 1. The Kier molecular flexibility index (Phi) is 4.24. The van der Waals surface area contributed by atoms with E-state index in [2.05, 4.69) is 43.1 Å². The van der Waals surface area contributed by atoms with E-state index < -0.39 is 0 Å². The molecule has 1 aliphatic heterocycles. The Bertz CT molecular complexity index is 488. The zero-order valence-corrected chi connectivity index (χ0v) is 13.7. The number of nitrogens with zero attached hydrogens (tertiary/aromatic N) is 4. The summed E-state index contributed by atoms with van der Waals surface area (Å²) >= 11 is 0. The normalized spacial score (nSPS) is 24.5. The van der Waals surface area contributed by atoms with Crippen molar-refractivity contribution in [1.29, 1.82) is 0 Å². The molecular weight excluding hydrogens is 262 g/mol. The first-order valence-corrected chi connectivity index (χ1v) is 8.00. The lowest BCUT2D eigenvalue weighted by Gasteiger charge is -2.37. The summed E-state index contributed by atoms with van der Waals surface area (Å²) in [6.45, 7) is 8.35. The summed E-state index contributed by atoms with van der Waals surface area (Å²) in [7, 11) is 4.35. The van der Waals surface area contributed by atoms with Gasteiger partial charge in [-0.05, 0) is 40.8 Å². The van der Waals surface area contributed by atoms with Crippen molar-refractivity contribution in [3.8, 4) is 0 Å². The fourth-order valence-electron chi connectivity index (χ4n) is 2.99. The predicted octanol–water partition coefficient (Wildman–Crippen LogP) is 1.26. The number of aryl methyl sites for hydroxylation is 2. The number of likely N-dealkylation sites (N-methyl/N-ethyl adjacent to an activating group) is 2. The molecule has 0 spiro atoms. The van der Waals surface area contributed by atoms with Gasteiger partial charge in [0.05, 0.1) is 6.04 Å². The van der Waals surface area contributed by atoms with E-state index in [1.54, 1.807) is 0 Å². The Balaban J connectivity index is 1.79. The number of rotatable bonds is 4. The topological polar surface area (TPSA) is 44.3 Å². The Morgan fingerprint density at radius 2 is 1.76 bits per heavy atom. The molecule has 5 heteroatoms. The van der Waals surface area contributed by atoms with Gasteiger partial charge in [0.1, 0.15) is 5.82 Å². The molecule has 21 heavy (non-hydrogen) atoms. The molecule has 1 unspecified atom stereocenters. The van der Waals surface area contributed by atoms with Gasteiger partial charge in [-0.2, -0.15) is 0 Å². The van der Waals surface area contributed by atoms with Crippen LogP contribution in [-0.2, 0) is 6.54 Å². The largest absolute Gasteiger partial charge is 0.310 e. The van der Waals surface area contributed by atoms with Gasteiger partial charge >= 0.3 is 0 Å². The average Bonchev–Trinajstić information content (AvgIpc) is 3.24. The van der Waals surface area contributed by atoms with Crippen molar-refractivity contribution in [3.63, 3.8) is 0 Å². The van der Waals surface area contributed by atoms with Crippen molar-refractivity contribution >= 4 is 0 Å². The van der Waals surface area contributed by atoms with Crippen LogP contribution in [0.3, 0.4) is 0 Å². The van der Waals surface area contributed by atoms with E-state index in [1.165, 1.54) is 18.4 Å². The van der Waals surface area contributed by atoms with Gasteiger partial charge in [-0.15, -0.1) is 0 Å². The van der Waals surface area contributed by atoms with Gasteiger partial charge in [0.25, 0.3) is 0 Å². The minimum absolute atomic E-state index is 0.312. The molecule has 1 aliphatic carbocycles. The fourth-order valence-corrected chi connectivity index (χ4v) is 2.99. The number of aromatic nitrogens is 2. The molecule has 1 saturated heterocycles. The molecule has 1 aromatic heterocycles. The molecule has 0 bridgehead atoms. The molecule has 2 fully saturated rings. The van der Waals surface area contributed by atoms with E-state index in [9.17, 15) is 0 Å². The summed E-state index contributed by atoms with van der Waals surface area (Å²) < 4.78 is 0. The third kappa shape index (κ3) is 3.42. The molecule has 5 nitrogen and oxygen atoms in total. The molecule has 1 aromatic rings. The predicted molar refractivity (Wildman–Crippen MR) is 84.2 cm³/mol. The average molecular weight is 289 g/mol. The second-order valence-corrected chi connectivity index (χ2v) is 6.65. The van der Waals surface area contributed by atoms with Crippen molar-refractivity contribution in [2.75, 3.05) is 33.7 Å². The smallest absolute Gasteiger partial charge is 0.147 e. The second kappa shape index (κ2) is 5.99. The fraction of sp³-hybridized carbons (Fsp3) is 0.750. The van der Waals surface area contributed by atoms with Gasteiger partial charge in [0.2, 0.25) is 0 Å². The molecular formula is C16H27N5. The van der Waals surface area contributed by atoms with Gasteiger partial charge in [0.15, 0.2) is 0 Å². The van der Waals surface area contributed by atoms with E-state index in [0.717, 1.165) is 49.4 Å². The third-order valence-corrected chi connectivity index (χ3v) is 4.73. The molecule has 116 valence electrons. The lowest BCUT2D eigenvalue weighted by Crippen LogP contribution is -2.45. The van der Waals surface area contributed by atoms with E-state index in [0.29, 0.717) is 6.04 Å². The number of piperazine rings is 1. The Morgan fingerprint density at radius 3 is 2.38 bits per heavy atom. The van der Waals surface area contributed by atoms with Crippen molar-refractivity contribution < 1.29 is 0 Å². The molecule has 1 atom stereocenters. The van der Waals surface area contributed by atoms with E-state index in [1.807, 2.05) is 0 Å². The summed E-state index contributed by atoms with van der Waals surface area (Å²) in [4.78, 5) is 14.4. The van der Waals surface area contributed by atoms with Crippen molar-refractivity contribution in [1.82, 2.24) is 25.1 Å². The van der Waals surface area contributed by atoms with Gasteiger partial charge in [-0.3, -0.25) is 4.90 Å². The van der Waals surface area contributed by atoms with Crippen LogP contribution < -0.4 is 5.32 Å².